The number of methoxy groups -OCH3 is 1. The van der Waals surface area contributed by atoms with Crippen LogP contribution in [-0.2, 0) is 28.4 Å². The second kappa shape index (κ2) is 22.4. The number of rotatable bonds is 22. The van der Waals surface area contributed by atoms with Gasteiger partial charge in [-0.05, 0) is 32.1 Å². The molecule has 0 bridgehead atoms. The van der Waals surface area contributed by atoms with Crippen molar-refractivity contribution in [2.75, 3.05) is 66.6 Å². The predicted molar refractivity (Wildman–Crippen MR) is 115 cm³/mol. The first-order valence-corrected chi connectivity index (χ1v) is 11.9. The molecule has 0 aromatic heterocycles. The van der Waals surface area contributed by atoms with E-state index in [1.807, 2.05) is 0 Å². The molecule has 0 radical (unpaired) electrons. The van der Waals surface area contributed by atoms with Gasteiger partial charge in [0.1, 0.15) is 0 Å². The van der Waals surface area contributed by atoms with Crippen molar-refractivity contribution in [2.24, 2.45) is 0 Å². The minimum absolute atomic E-state index is 0.0751. The van der Waals surface area contributed by atoms with Gasteiger partial charge >= 0.3 is 0 Å². The molecule has 6 nitrogen and oxygen atoms in total. The smallest absolute Gasteiger partial charge is 0.157 e. The van der Waals surface area contributed by atoms with Gasteiger partial charge in [-0.3, -0.25) is 0 Å². The third-order valence-corrected chi connectivity index (χ3v) is 5.05. The topological polar surface area (TPSA) is 55.4 Å². The van der Waals surface area contributed by atoms with Crippen LogP contribution >= 0.6 is 0 Å². The fourth-order valence-electron chi connectivity index (χ4n) is 3.29. The molecule has 0 N–H and O–H groups in total. The minimum Gasteiger partial charge on any atom is -0.382 e. The lowest BCUT2D eigenvalue weighted by Gasteiger charge is -2.22. The zero-order chi connectivity index (χ0) is 20.7. The van der Waals surface area contributed by atoms with Crippen molar-refractivity contribution in [2.45, 2.75) is 83.3 Å². The molecular formula is C23H46O6. The van der Waals surface area contributed by atoms with Crippen molar-refractivity contribution in [3.05, 3.63) is 0 Å². The van der Waals surface area contributed by atoms with Crippen LogP contribution in [0, 0.1) is 0 Å². The van der Waals surface area contributed by atoms with Gasteiger partial charge in [0.15, 0.2) is 6.29 Å². The first-order valence-electron chi connectivity index (χ1n) is 11.9. The third-order valence-electron chi connectivity index (χ3n) is 5.05. The van der Waals surface area contributed by atoms with Crippen LogP contribution in [0.3, 0.4) is 0 Å². The van der Waals surface area contributed by atoms with Gasteiger partial charge < -0.3 is 28.4 Å². The molecule has 174 valence electrons. The largest absolute Gasteiger partial charge is 0.382 e. The van der Waals surface area contributed by atoms with Gasteiger partial charge in [-0.2, -0.15) is 0 Å². The SMILES string of the molecule is COCCOCCOCCOCCCCCCCCCCCOC1CCCCO1. The number of unbranched alkanes of at least 4 members (excludes halogenated alkanes) is 8. The molecule has 0 aromatic rings. The van der Waals surface area contributed by atoms with Crippen LogP contribution in [0.15, 0.2) is 0 Å². The van der Waals surface area contributed by atoms with Crippen molar-refractivity contribution in [1.29, 1.82) is 0 Å². The van der Waals surface area contributed by atoms with Gasteiger partial charge in [0.05, 0.1) is 39.6 Å². The highest BCUT2D eigenvalue weighted by atomic mass is 16.7. The summed E-state index contributed by atoms with van der Waals surface area (Å²) < 4.78 is 32.6. The zero-order valence-electron chi connectivity index (χ0n) is 18.9. The fourth-order valence-corrected chi connectivity index (χ4v) is 3.29. The van der Waals surface area contributed by atoms with Gasteiger partial charge in [0, 0.05) is 26.9 Å². The van der Waals surface area contributed by atoms with E-state index in [2.05, 4.69) is 0 Å². The van der Waals surface area contributed by atoms with E-state index >= 15 is 0 Å². The Morgan fingerprint density at radius 2 is 1.10 bits per heavy atom. The summed E-state index contributed by atoms with van der Waals surface area (Å²) in [5.41, 5.74) is 0. The monoisotopic (exact) mass is 418 g/mol. The molecule has 1 atom stereocenters. The van der Waals surface area contributed by atoms with Crippen LogP contribution in [0.2, 0.25) is 0 Å². The molecule has 1 heterocycles. The third kappa shape index (κ3) is 19.5. The molecule has 1 rings (SSSR count). The minimum atomic E-state index is 0.0751. The van der Waals surface area contributed by atoms with E-state index in [0.717, 1.165) is 32.7 Å². The second-order valence-electron chi connectivity index (χ2n) is 7.68. The molecule has 1 aliphatic rings. The lowest BCUT2D eigenvalue weighted by molar-refractivity contribution is -0.162. The number of ether oxygens (including phenoxy) is 6. The second-order valence-corrected chi connectivity index (χ2v) is 7.68. The van der Waals surface area contributed by atoms with E-state index in [4.69, 9.17) is 28.4 Å². The summed E-state index contributed by atoms with van der Waals surface area (Å²) in [7, 11) is 1.67. The molecule has 1 saturated heterocycles. The van der Waals surface area contributed by atoms with Crippen LogP contribution in [0.25, 0.3) is 0 Å². The Labute approximate surface area is 178 Å². The molecule has 6 heteroatoms. The molecular weight excluding hydrogens is 372 g/mol. The number of hydrogen-bond acceptors (Lipinski definition) is 6. The van der Waals surface area contributed by atoms with Gasteiger partial charge in [0.2, 0.25) is 0 Å². The van der Waals surface area contributed by atoms with E-state index in [1.165, 1.54) is 64.2 Å². The van der Waals surface area contributed by atoms with Gasteiger partial charge in [-0.25, -0.2) is 0 Å². The lowest BCUT2D eigenvalue weighted by Crippen LogP contribution is -2.22. The first kappa shape index (κ1) is 26.8. The zero-order valence-corrected chi connectivity index (χ0v) is 18.9. The summed E-state index contributed by atoms with van der Waals surface area (Å²) in [6, 6.07) is 0. The Balaban J connectivity index is 1.63. The summed E-state index contributed by atoms with van der Waals surface area (Å²) in [6.07, 6.45) is 15.2. The molecule has 0 saturated carbocycles. The van der Waals surface area contributed by atoms with Crippen molar-refractivity contribution in [3.8, 4) is 0 Å². The average Bonchev–Trinajstić information content (AvgIpc) is 2.75. The van der Waals surface area contributed by atoms with Crippen LogP contribution in [0.5, 0.6) is 0 Å². The van der Waals surface area contributed by atoms with E-state index < -0.39 is 0 Å². The molecule has 0 aliphatic carbocycles. The highest BCUT2D eigenvalue weighted by molar-refractivity contribution is 4.54. The Kier molecular flexibility index (Phi) is 20.7. The summed E-state index contributed by atoms with van der Waals surface area (Å²) in [4.78, 5) is 0. The summed E-state index contributed by atoms with van der Waals surface area (Å²) in [5.74, 6) is 0. The summed E-state index contributed by atoms with van der Waals surface area (Å²) in [5, 5.41) is 0. The van der Waals surface area contributed by atoms with Crippen LogP contribution in [-0.4, -0.2) is 72.9 Å². The Bertz CT molecular complexity index is 310. The van der Waals surface area contributed by atoms with Crippen molar-refractivity contribution < 1.29 is 28.4 Å². The molecule has 1 aliphatic heterocycles. The molecule has 1 fully saturated rings. The fraction of sp³-hybridized carbons (Fsp3) is 1.00. The van der Waals surface area contributed by atoms with Crippen molar-refractivity contribution in [1.82, 2.24) is 0 Å². The highest BCUT2D eigenvalue weighted by Crippen LogP contribution is 2.15. The quantitative estimate of drug-likeness (QED) is 0.237. The predicted octanol–water partition coefficient (Wildman–Crippen LogP) is 4.74. The van der Waals surface area contributed by atoms with Gasteiger partial charge in [-0.1, -0.05) is 44.9 Å². The maximum Gasteiger partial charge on any atom is 0.157 e. The van der Waals surface area contributed by atoms with Crippen molar-refractivity contribution in [3.63, 3.8) is 0 Å². The normalized spacial score (nSPS) is 17.1. The maximum absolute atomic E-state index is 5.77. The Hall–Kier alpha value is -0.240. The molecule has 0 amide bonds. The van der Waals surface area contributed by atoms with E-state index in [0.29, 0.717) is 39.6 Å². The standard InChI is InChI=1S/C23H46O6/c1-24-17-18-26-21-22-27-20-19-25-14-10-7-5-3-2-4-6-8-11-15-28-23-13-9-12-16-29-23/h23H,2-22H2,1H3. The summed E-state index contributed by atoms with van der Waals surface area (Å²) >= 11 is 0. The van der Waals surface area contributed by atoms with Crippen molar-refractivity contribution >= 4 is 0 Å². The molecule has 0 aromatic carbocycles. The Morgan fingerprint density at radius 1 is 0.586 bits per heavy atom. The molecule has 1 unspecified atom stereocenters. The maximum atomic E-state index is 5.77. The average molecular weight is 419 g/mol. The Morgan fingerprint density at radius 3 is 1.66 bits per heavy atom. The van der Waals surface area contributed by atoms with Crippen LogP contribution in [0.1, 0.15) is 77.0 Å². The molecule has 0 spiro atoms. The summed E-state index contributed by atoms with van der Waals surface area (Å²) in [6.45, 7) is 6.40. The first-order chi connectivity index (χ1) is 14.4. The van der Waals surface area contributed by atoms with Crippen LogP contribution in [0.4, 0.5) is 0 Å². The van der Waals surface area contributed by atoms with E-state index in [-0.39, 0.29) is 6.29 Å². The van der Waals surface area contributed by atoms with Gasteiger partial charge in [0.25, 0.3) is 0 Å². The van der Waals surface area contributed by atoms with E-state index in [1.54, 1.807) is 7.11 Å². The van der Waals surface area contributed by atoms with Gasteiger partial charge in [-0.15, -0.1) is 0 Å². The highest BCUT2D eigenvalue weighted by Gasteiger charge is 2.13. The molecule has 29 heavy (non-hydrogen) atoms. The van der Waals surface area contributed by atoms with E-state index in [9.17, 15) is 0 Å². The van der Waals surface area contributed by atoms with Crippen LogP contribution < -0.4 is 0 Å². The number of hydrogen-bond donors (Lipinski definition) is 0. The lowest BCUT2D eigenvalue weighted by atomic mass is 10.1.